The molecule has 0 aliphatic carbocycles. The normalized spacial score (nSPS) is 10.6. The molecule has 2 heterocycles. The number of halogens is 1. The van der Waals surface area contributed by atoms with Crippen LogP contribution < -0.4 is 0 Å². The minimum Gasteiger partial charge on any atom is -0.268 e. The maximum absolute atomic E-state index is 9.33. The average molecular weight is 269 g/mol. The van der Waals surface area contributed by atoms with Crippen LogP contribution in [-0.2, 0) is 7.05 Å². The monoisotopic (exact) mass is 268 g/mol. The third kappa shape index (κ3) is 1.76. The Kier molecular flexibility index (Phi) is 2.69. The first-order valence-corrected chi connectivity index (χ1v) is 6.06. The second kappa shape index (κ2) is 4.38. The first-order chi connectivity index (χ1) is 9.22. The van der Waals surface area contributed by atoms with Gasteiger partial charge in [-0.15, -0.1) is 0 Å². The average Bonchev–Trinajstić information content (AvgIpc) is 2.84. The number of nitrogens with zero attached hydrogens (tertiary/aromatic N) is 4. The molecule has 2 aromatic heterocycles. The van der Waals surface area contributed by atoms with E-state index in [9.17, 15) is 5.26 Å². The zero-order valence-electron chi connectivity index (χ0n) is 10.1. The van der Waals surface area contributed by atoms with Crippen molar-refractivity contribution in [2.45, 2.75) is 0 Å². The van der Waals surface area contributed by atoms with Gasteiger partial charge in [0.1, 0.15) is 0 Å². The molecule has 4 nitrogen and oxygen atoms in total. The molecular formula is C14H9ClN4. The van der Waals surface area contributed by atoms with E-state index in [2.05, 4.69) is 16.2 Å². The molecule has 0 saturated heterocycles. The quantitative estimate of drug-likeness (QED) is 0.681. The van der Waals surface area contributed by atoms with Crippen molar-refractivity contribution < 1.29 is 0 Å². The van der Waals surface area contributed by atoms with E-state index >= 15 is 0 Å². The van der Waals surface area contributed by atoms with Crippen molar-refractivity contribution in [2.24, 2.45) is 7.05 Å². The number of aromatic nitrogens is 3. The van der Waals surface area contributed by atoms with Crippen LogP contribution in [0.4, 0.5) is 0 Å². The maximum Gasteiger partial charge on any atom is 0.1000 e. The Morgan fingerprint density at radius 3 is 2.84 bits per heavy atom. The highest BCUT2D eigenvalue weighted by Gasteiger charge is 2.16. The number of hydrogen-bond acceptors (Lipinski definition) is 3. The Labute approximate surface area is 114 Å². The molecule has 0 unspecified atom stereocenters. The van der Waals surface area contributed by atoms with Crippen LogP contribution in [0.25, 0.3) is 22.2 Å². The second-order valence-corrected chi connectivity index (χ2v) is 4.51. The first kappa shape index (κ1) is 11.7. The summed E-state index contributed by atoms with van der Waals surface area (Å²) >= 11 is 6.46. The van der Waals surface area contributed by atoms with Gasteiger partial charge in [0.2, 0.25) is 0 Å². The molecule has 0 bridgehead atoms. The standard InChI is InChI=1S/C14H9ClN4/c1-19-12(4-6-18-19)13-9(8-16)7-11-10(14(13)15)3-2-5-17-11/h2-7H,1H3. The largest absolute Gasteiger partial charge is 0.268 e. The van der Waals surface area contributed by atoms with Crippen molar-refractivity contribution >= 4 is 22.5 Å². The van der Waals surface area contributed by atoms with E-state index in [1.54, 1.807) is 23.1 Å². The Morgan fingerprint density at radius 2 is 2.16 bits per heavy atom. The molecule has 0 fully saturated rings. The van der Waals surface area contributed by atoms with Crippen LogP contribution >= 0.6 is 11.6 Å². The van der Waals surface area contributed by atoms with Gasteiger partial charge < -0.3 is 0 Å². The highest BCUT2D eigenvalue weighted by atomic mass is 35.5. The number of fused-ring (bicyclic) bond motifs is 1. The lowest BCUT2D eigenvalue weighted by molar-refractivity contribution is 0.776. The van der Waals surface area contributed by atoms with Crippen molar-refractivity contribution in [3.63, 3.8) is 0 Å². The Bertz CT molecular complexity index is 814. The van der Waals surface area contributed by atoms with E-state index in [1.165, 1.54) is 0 Å². The molecule has 0 N–H and O–H groups in total. The lowest BCUT2D eigenvalue weighted by atomic mass is 10.0. The molecule has 0 spiro atoms. The molecule has 3 rings (SSSR count). The maximum atomic E-state index is 9.33. The van der Waals surface area contributed by atoms with E-state index in [4.69, 9.17) is 11.6 Å². The van der Waals surface area contributed by atoms with Gasteiger partial charge in [-0.1, -0.05) is 11.6 Å². The highest BCUT2D eigenvalue weighted by Crippen LogP contribution is 2.36. The van der Waals surface area contributed by atoms with Gasteiger partial charge in [-0.05, 0) is 24.3 Å². The van der Waals surface area contributed by atoms with Crippen molar-refractivity contribution in [3.8, 4) is 17.3 Å². The third-order valence-corrected chi connectivity index (χ3v) is 3.43. The number of hydrogen-bond donors (Lipinski definition) is 0. The minimum absolute atomic E-state index is 0.500. The summed E-state index contributed by atoms with van der Waals surface area (Å²) in [5.74, 6) is 0. The number of benzene rings is 1. The van der Waals surface area contributed by atoms with E-state index in [1.807, 2.05) is 25.2 Å². The molecule has 1 aromatic carbocycles. The number of aryl methyl sites for hydroxylation is 1. The lowest BCUT2D eigenvalue weighted by Gasteiger charge is -2.10. The summed E-state index contributed by atoms with van der Waals surface area (Å²) in [6, 6.07) is 9.49. The molecule has 0 aliphatic rings. The van der Waals surface area contributed by atoms with Crippen LogP contribution in [0.2, 0.25) is 5.02 Å². The predicted molar refractivity (Wildman–Crippen MR) is 73.7 cm³/mol. The molecule has 92 valence electrons. The summed E-state index contributed by atoms with van der Waals surface area (Å²) in [5, 5.41) is 14.8. The van der Waals surface area contributed by atoms with Crippen molar-refractivity contribution in [1.82, 2.24) is 14.8 Å². The Balaban J connectivity index is 2.45. The topological polar surface area (TPSA) is 54.5 Å². The summed E-state index contributed by atoms with van der Waals surface area (Å²) in [5.41, 5.74) is 2.73. The summed E-state index contributed by atoms with van der Waals surface area (Å²) in [6.07, 6.45) is 3.36. The van der Waals surface area contributed by atoms with Gasteiger partial charge in [0.05, 0.1) is 27.9 Å². The van der Waals surface area contributed by atoms with Crippen molar-refractivity contribution in [3.05, 3.63) is 47.2 Å². The Morgan fingerprint density at radius 1 is 1.32 bits per heavy atom. The molecule has 0 atom stereocenters. The van der Waals surface area contributed by atoms with Crippen LogP contribution in [0, 0.1) is 11.3 Å². The van der Waals surface area contributed by atoms with Gasteiger partial charge in [-0.25, -0.2) is 0 Å². The minimum atomic E-state index is 0.500. The van der Waals surface area contributed by atoms with Gasteiger partial charge in [-0.2, -0.15) is 10.4 Å². The van der Waals surface area contributed by atoms with E-state index in [-0.39, 0.29) is 0 Å². The molecule has 0 amide bonds. The molecule has 0 radical (unpaired) electrons. The SMILES string of the molecule is Cn1nccc1-c1c(C#N)cc2ncccc2c1Cl. The highest BCUT2D eigenvalue weighted by molar-refractivity contribution is 6.38. The summed E-state index contributed by atoms with van der Waals surface area (Å²) in [4.78, 5) is 4.24. The number of nitriles is 1. The Hall–Kier alpha value is -2.38. The zero-order valence-corrected chi connectivity index (χ0v) is 10.9. The molecular weight excluding hydrogens is 260 g/mol. The van der Waals surface area contributed by atoms with Gasteiger partial charge in [-0.3, -0.25) is 9.67 Å². The van der Waals surface area contributed by atoms with Gasteiger partial charge in [0.25, 0.3) is 0 Å². The van der Waals surface area contributed by atoms with Gasteiger partial charge >= 0.3 is 0 Å². The zero-order chi connectivity index (χ0) is 13.4. The van der Waals surface area contributed by atoms with Crippen molar-refractivity contribution in [2.75, 3.05) is 0 Å². The molecule has 19 heavy (non-hydrogen) atoms. The summed E-state index contributed by atoms with van der Waals surface area (Å²) < 4.78 is 1.70. The van der Waals surface area contributed by atoms with Crippen molar-refractivity contribution in [1.29, 1.82) is 5.26 Å². The third-order valence-electron chi connectivity index (χ3n) is 3.04. The smallest absolute Gasteiger partial charge is 0.1000 e. The van der Waals surface area contributed by atoms with E-state index in [0.717, 1.165) is 16.6 Å². The number of rotatable bonds is 1. The fraction of sp³-hybridized carbons (Fsp3) is 0.0714. The lowest BCUT2D eigenvalue weighted by Crippen LogP contribution is -1.97. The van der Waals surface area contributed by atoms with Crippen LogP contribution in [0.15, 0.2) is 36.7 Å². The van der Waals surface area contributed by atoms with Crippen LogP contribution in [0.5, 0.6) is 0 Å². The predicted octanol–water partition coefficient (Wildman–Crippen LogP) is 3.16. The van der Waals surface area contributed by atoms with E-state index < -0.39 is 0 Å². The van der Waals surface area contributed by atoms with Crippen LogP contribution in [0.3, 0.4) is 0 Å². The van der Waals surface area contributed by atoms with Crippen LogP contribution in [-0.4, -0.2) is 14.8 Å². The molecule has 0 saturated carbocycles. The number of pyridine rings is 1. The fourth-order valence-electron chi connectivity index (χ4n) is 2.14. The summed E-state index contributed by atoms with van der Waals surface area (Å²) in [7, 11) is 1.82. The molecule has 3 aromatic rings. The van der Waals surface area contributed by atoms with Gasteiger partial charge in [0, 0.05) is 30.4 Å². The second-order valence-electron chi connectivity index (χ2n) is 4.14. The fourth-order valence-corrected chi connectivity index (χ4v) is 2.50. The summed E-state index contributed by atoms with van der Waals surface area (Å²) in [6.45, 7) is 0. The molecule has 0 aliphatic heterocycles. The van der Waals surface area contributed by atoms with Crippen LogP contribution in [0.1, 0.15) is 5.56 Å². The first-order valence-electron chi connectivity index (χ1n) is 5.68. The van der Waals surface area contributed by atoms with Gasteiger partial charge in [0.15, 0.2) is 0 Å². The van der Waals surface area contributed by atoms with E-state index in [0.29, 0.717) is 16.1 Å². The molecule has 5 heteroatoms.